The van der Waals surface area contributed by atoms with E-state index in [0.717, 1.165) is 22.6 Å². The second-order valence-electron chi connectivity index (χ2n) is 8.18. The number of rotatable bonds is 7. The number of hydrogen-bond acceptors (Lipinski definition) is 5. The Hall–Kier alpha value is -3.90. The van der Waals surface area contributed by atoms with Crippen LogP contribution >= 0.6 is 11.6 Å². The predicted molar refractivity (Wildman–Crippen MR) is 132 cm³/mol. The van der Waals surface area contributed by atoms with E-state index in [9.17, 15) is 0 Å². The molecule has 0 saturated carbocycles. The molecule has 34 heavy (non-hydrogen) atoms. The van der Waals surface area contributed by atoms with Gasteiger partial charge < -0.3 is 9.26 Å². The van der Waals surface area contributed by atoms with Crippen LogP contribution in [0.15, 0.2) is 83.4 Å². The van der Waals surface area contributed by atoms with Gasteiger partial charge in [-0.2, -0.15) is 10.1 Å². The van der Waals surface area contributed by atoms with Crippen molar-refractivity contribution in [2.75, 3.05) is 0 Å². The molecule has 6 nitrogen and oxygen atoms in total. The third-order valence-corrected chi connectivity index (χ3v) is 5.76. The molecule has 170 valence electrons. The Labute approximate surface area is 202 Å². The molecular formula is C27H23ClN4O2. The smallest absolute Gasteiger partial charge is 0.278 e. The molecule has 0 unspecified atom stereocenters. The Morgan fingerprint density at radius 2 is 1.59 bits per heavy atom. The van der Waals surface area contributed by atoms with Gasteiger partial charge in [-0.1, -0.05) is 58.7 Å². The van der Waals surface area contributed by atoms with E-state index < -0.39 is 0 Å². The van der Waals surface area contributed by atoms with Gasteiger partial charge >= 0.3 is 0 Å². The fourth-order valence-electron chi connectivity index (χ4n) is 3.53. The van der Waals surface area contributed by atoms with Gasteiger partial charge in [0.2, 0.25) is 5.82 Å². The first-order valence-electron chi connectivity index (χ1n) is 11.0. The zero-order chi connectivity index (χ0) is 23.5. The highest BCUT2D eigenvalue weighted by Gasteiger charge is 2.15. The van der Waals surface area contributed by atoms with Crippen molar-refractivity contribution in [1.82, 2.24) is 19.9 Å². The van der Waals surface area contributed by atoms with Crippen LogP contribution in [-0.4, -0.2) is 19.9 Å². The third-order valence-electron chi connectivity index (χ3n) is 5.51. The SMILES string of the molecule is Cc1ccc(Cn2nc(-c3nc(-c4ccc(OCc5ccc(Cl)cc5)cc4)no3)cc2C)cc1. The summed E-state index contributed by atoms with van der Waals surface area (Å²) in [6.07, 6.45) is 0. The molecule has 7 heteroatoms. The minimum atomic E-state index is 0.392. The van der Waals surface area contributed by atoms with Crippen molar-refractivity contribution >= 4 is 11.6 Å². The average Bonchev–Trinajstić information content (AvgIpc) is 3.48. The molecular weight excluding hydrogens is 448 g/mol. The van der Waals surface area contributed by atoms with E-state index in [2.05, 4.69) is 46.4 Å². The van der Waals surface area contributed by atoms with Gasteiger partial charge in [0.25, 0.3) is 5.89 Å². The van der Waals surface area contributed by atoms with Crippen LogP contribution in [0.2, 0.25) is 5.02 Å². The van der Waals surface area contributed by atoms with Crippen LogP contribution in [0.4, 0.5) is 0 Å². The summed E-state index contributed by atoms with van der Waals surface area (Å²) in [6, 6.07) is 25.6. The van der Waals surface area contributed by atoms with Crippen molar-refractivity contribution in [1.29, 1.82) is 0 Å². The highest BCUT2D eigenvalue weighted by atomic mass is 35.5. The summed E-state index contributed by atoms with van der Waals surface area (Å²) < 4.78 is 13.3. The molecule has 0 aliphatic rings. The number of benzene rings is 3. The summed E-state index contributed by atoms with van der Waals surface area (Å²) in [7, 11) is 0. The summed E-state index contributed by atoms with van der Waals surface area (Å²) in [5.41, 5.74) is 6.00. The van der Waals surface area contributed by atoms with Gasteiger partial charge in [-0.15, -0.1) is 0 Å². The average molecular weight is 471 g/mol. The van der Waals surface area contributed by atoms with Gasteiger partial charge in [0, 0.05) is 16.3 Å². The lowest BCUT2D eigenvalue weighted by Crippen LogP contribution is -2.03. The monoisotopic (exact) mass is 470 g/mol. The molecule has 5 rings (SSSR count). The van der Waals surface area contributed by atoms with Crippen molar-refractivity contribution in [2.24, 2.45) is 0 Å². The van der Waals surface area contributed by atoms with Crippen molar-refractivity contribution in [3.05, 3.63) is 106 Å². The normalized spacial score (nSPS) is 11.0. The molecule has 0 fully saturated rings. The highest BCUT2D eigenvalue weighted by Crippen LogP contribution is 2.24. The molecule has 2 heterocycles. The van der Waals surface area contributed by atoms with Crippen LogP contribution in [0.3, 0.4) is 0 Å². The first-order valence-corrected chi connectivity index (χ1v) is 11.3. The van der Waals surface area contributed by atoms with Crippen LogP contribution < -0.4 is 4.74 Å². The maximum atomic E-state index is 5.93. The number of aromatic nitrogens is 4. The Balaban J connectivity index is 1.26. The maximum Gasteiger partial charge on any atom is 0.278 e. The lowest BCUT2D eigenvalue weighted by molar-refractivity contribution is 0.306. The van der Waals surface area contributed by atoms with E-state index in [1.165, 1.54) is 11.1 Å². The minimum absolute atomic E-state index is 0.392. The molecule has 0 atom stereocenters. The summed E-state index contributed by atoms with van der Waals surface area (Å²) >= 11 is 5.93. The van der Waals surface area contributed by atoms with E-state index in [4.69, 9.17) is 20.9 Å². The van der Waals surface area contributed by atoms with Gasteiger partial charge in [-0.3, -0.25) is 4.68 Å². The molecule has 2 aromatic heterocycles. The van der Waals surface area contributed by atoms with Gasteiger partial charge in [0.1, 0.15) is 12.4 Å². The molecule has 0 spiro atoms. The molecule has 3 aromatic carbocycles. The fraction of sp³-hybridized carbons (Fsp3) is 0.148. The summed E-state index contributed by atoms with van der Waals surface area (Å²) in [4.78, 5) is 4.55. The standard InChI is InChI=1S/C27H23ClN4O2/c1-18-3-5-20(6-4-18)16-32-19(2)15-25(30-32)27-29-26(31-34-27)22-9-13-24(14-10-22)33-17-21-7-11-23(28)12-8-21/h3-15H,16-17H2,1-2H3. The first kappa shape index (κ1) is 21.9. The number of aryl methyl sites for hydroxylation is 2. The van der Waals surface area contributed by atoms with Crippen molar-refractivity contribution in [2.45, 2.75) is 27.0 Å². The predicted octanol–water partition coefficient (Wildman–Crippen LogP) is 6.50. The van der Waals surface area contributed by atoms with Crippen LogP contribution in [0.5, 0.6) is 5.75 Å². The lowest BCUT2D eigenvalue weighted by Gasteiger charge is -2.06. The number of nitrogens with zero attached hydrogens (tertiary/aromatic N) is 4. The largest absolute Gasteiger partial charge is 0.489 e. The zero-order valence-electron chi connectivity index (χ0n) is 18.9. The topological polar surface area (TPSA) is 66.0 Å². The fourth-order valence-corrected chi connectivity index (χ4v) is 3.66. The molecule has 0 radical (unpaired) electrons. The summed E-state index contributed by atoms with van der Waals surface area (Å²) in [5.74, 6) is 1.65. The second-order valence-corrected chi connectivity index (χ2v) is 8.61. The van der Waals surface area contributed by atoms with Crippen molar-refractivity contribution in [3.8, 4) is 28.7 Å². The molecule has 0 amide bonds. The molecule has 0 bridgehead atoms. The minimum Gasteiger partial charge on any atom is -0.489 e. The summed E-state index contributed by atoms with van der Waals surface area (Å²) in [5, 5.41) is 9.52. The Morgan fingerprint density at radius 1 is 0.882 bits per heavy atom. The van der Waals surface area contributed by atoms with Crippen LogP contribution in [0.25, 0.3) is 23.0 Å². The van der Waals surface area contributed by atoms with Gasteiger partial charge in [-0.05, 0) is 67.4 Å². The Kier molecular flexibility index (Phi) is 6.14. The quantitative estimate of drug-likeness (QED) is 0.271. The van der Waals surface area contributed by atoms with Gasteiger partial charge in [0.15, 0.2) is 5.69 Å². The third kappa shape index (κ3) is 5.02. The number of halogens is 1. The zero-order valence-corrected chi connectivity index (χ0v) is 19.7. The number of ether oxygens (including phenoxy) is 1. The Bertz CT molecular complexity index is 1390. The second kappa shape index (κ2) is 9.53. The number of hydrogen-bond donors (Lipinski definition) is 0. The first-order chi connectivity index (χ1) is 16.5. The summed E-state index contributed by atoms with van der Waals surface area (Å²) in [6.45, 7) is 5.25. The Morgan fingerprint density at radius 3 is 2.32 bits per heavy atom. The van der Waals surface area contributed by atoms with E-state index in [-0.39, 0.29) is 0 Å². The van der Waals surface area contributed by atoms with Gasteiger partial charge in [0.05, 0.1) is 6.54 Å². The highest BCUT2D eigenvalue weighted by molar-refractivity contribution is 6.30. The van der Waals surface area contributed by atoms with Crippen LogP contribution in [0.1, 0.15) is 22.4 Å². The van der Waals surface area contributed by atoms with E-state index in [1.54, 1.807) is 0 Å². The van der Waals surface area contributed by atoms with Crippen molar-refractivity contribution in [3.63, 3.8) is 0 Å². The van der Waals surface area contributed by atoms with Crippen LogP contribution in [0, 0.1) is 13.8 Å². The van der Waals surface area contributed by atoms with Gasteiger partial charge in [-0.25, -0.2) is 0 Å². The maximum absolute atomic E-state index is 5.93. The van der Waals surface area contributed by atoms with E-state index >= 15 is 0 Å². The molecule has 5 aromatic rings. The van der Waals surface area contributed by atoms with E-state index in [1.807, 2.05) is 66.2 Å². The molecule has 0 N–H and O–H groups in total. The lowest BCUT2D eigenvalue weighted by atomic mass is 10.1. The molecule has 0 saturated heterocycles. The molecule has 0 aliphatic heterocycles. The van der Waals surface area contributed by atoms with Crippen LogP contribution in [-0.2, 0) is 13.2 Å². The van der Waals surface area contributed by atoms with Crippen molar-refractivity contribution < 1.29 is 9.26 Å². The molecule has 0 aliphatic carbocycles. The van der Waals surface area contributed by atoms with E-state index in [0.29, 0.717) is 35.6 Å².